The highest BCUT2D eigenvalue weighted by atomic mass is 15.1. The lowest BCUT2D eigenvalue weighted by atomic mass is 9.92. The summed E-state index contributed by atoms with van der Waals surface area (Å²) in [5.41, 5.74) is 13.4. The molecule has 0 unspecified atom stereocenters. The summed E-state index contributed by atoms with van der Waals surface area (Å²) in [5.74, 6) is 0. The first kappa shape index (κ1) is 20.2. The van der Waals surface area contributed by atoms with Gasteiger partial charge in [0.05, 0.1) is 11.6 Å². The van der Waals surface area contributed by atoms with Crippen molar-refractivity contribution in [1.82, 2.24) is 4.90 Å². The van der Waals surface area contributed by atoms with Gasteiger partial charge in [-0.25, -0.2) is 0 Å². The van der Waals surface area contributed by atoms with E-state index in [9.17, 15) is 0 Å². The fraction of sp³-hybridized carbons (Fsp3) is 0.435. The number of benzene rings is 2. The van der Waals surface area contributed by atoms with Crippen LogP contribution in [0, 0.1) is 37.5 Å². The minimum absolute atomic E-state index is 0.0547. The van der Waals surface area contributed by atoms with Gasteiger partial charge in [0, 0.05) is 19.6 Å². The van der Waals surface area contributed by atoms with Gasteiger partial charge in [0.2, 0.25) is 0 Å². The predicted molar refractivity (Wildman–Crippen MR) is 109 cm³/mol. The minimum atomic E-state index is 0.0547. The molecule has 0 atom stereocenters. The summed E-state index contributed by atoms with van der Waals surface area (Å²) in [7, 11) is 0. The number of hydrogen-bond acceptors (Lipinski definition) is 3. The number of nitrogens with two attached hydrogens (primary N) is 1. The van der Waals surface area contributed by atoms with E-state index in [0.29, 0.717) is 12.1 Å². The Morgan fingerprint density at radius 3 is 2.08 bits per heavy atom. The number of nitriles is 1. The van der Waals surface area contributed by atoms with Crippen LogP contribution >= 0.6 is 0 Å². The third kappa shape index (κ3) is 5.42. The zero-order chi connectivity index (χ0) is 19.3. The third-order valence-electron chi connectivity index (χ3n) is 4.92. The topological polar surface area (TPSA) is 53.0 Å². The van der Waals surface area contributed by atoms with Crippen LogP contribution in [0.3, 0.4) is 0 Å². The van der Waals surface area contributed by atoms with Crippen molar-refractivity contribution in [2.24, 2.45) is 11.1 Å². The third-order valence-corrected chi connectivity index (χ3v) is 4.92. The summed E-state index contributed by atoms with van der Waals surface area (Å²) in [5, 5.41) is 9.00. The molecular formula is C23H31N3. The van der Waals surface area contributed by atoms with Crippen molar-refractivity contribution in [2.45, 2.75) is 47.7 Å². The molecule has 0 bridgehead atoms. The largest absolute Gasteiger partial charge is 0.330 e. The van der Waals surface area contributed by atoms with Gasteiger partial charge >= 0.3 is 0 Å². The van der Waals surface area contributed by atoms with E-state index < -0.39 is 0 Å². The molecule has 0 radical (unpaired) electrons. The summed E-state index contributed by atoms with van der Waals surface area (Å²) in [4.78, 5) is 2.47. The molecule has 2 N–H and O–H groups in total. The molecule has 0 aliphatic carbocycles. The molecule has 0 spiro atoms. The van der Waals surface area contributed by atoms with Gasteiger partial charge in [-0.05, 0) is 67.1 Å². The maximum absolute atomic E-state index is 9.00. The van der Waals surface area contributed by atoms with Crippen LogP contribution in [0.1, 0.15) is 47.2 Å². The molecule has 138 valence electrons. The highest BCUT2D eigenvalue weighted by molar-refractivity contribution is 5.37. The van der Waals surface area contributed by atoms with Crippen LogP contribution in [-0.4, -0.2) is 18.0 Å². The molecule has 0 fully saturated rings. The lowest BCUT2D eigenvalue weighted by molar-refractivity contribution is 0.168. The van der Waals surface area contributed by atoms with E-state index in [0.717, 1.165) is 19.6 Å². The fourth-order valence-electron chi connectivity index (χ4n) is 3.46. The summed E-state index contributed by atoms with van der Waals surface area (Å²) in [6, 6.07) is 14.6. The molecule has 3 heteroatoms. The number of rotatable bonds is 7. The molecule has 0 aromatic heterocycles. The zero-order valence-corrected chi connectivity index (χ0v) is 16.8. The monoisotopic (exact) mass is 349 g/mol. The number of aryl methyl sites for hydroxylation is 3. The number of nitrogens with zero attached hydrogens (tertiary/aromatic N) is 2. The molecule has 2 aromatic rings. The zero-order valence-electron chi connectivity index (χ0n) is 16.8. The Morgan fingerprint density at radius 1 is 1.00 bits per heavy atom. The molecular weight excluding hydrogens is 318 g/mol. The molecule has 0 aliphatic heterocycles. The van der Waals surface area contributed by atoms with Crippen molar-refractivity contribution in [3.05, 3.63) is 69.8 Å². The highest BCUT2D eigenvalue weighted by Crippen LogP contribution is 2.23. The van der Waals surface area contributed by atoms with Gasteiger partial charge in [-0.1, -0.05) is 43.7 Å². The van der Waals surface area contributed by atoms with Crippen molar-refractivity contribution in [3.8, 4) is 6.07 Å². The van der Waals surface area contributed by atoms with E-state index in [1.807, 2.05) is 12.1 Å². The highest BCUT2D eigenvalue weighted by Gasteiger charge is 2.21. The second-order valence-electron chi connectivity index (χ2n) is 8.20. The van der Waals surface area contributed by atoms with Gasteiger partial charge in [-0.15, -0.1) is 0 Å². The van der Waals surface area contributed by atoms with Crippen molar-refractivity contribution in [2.75, 3.05) is 13.1 Å². The van der Waals surface area contributed by atoms with Gasteiger partial charge < -0.3 is 5.73 Å². The van der Waals surface area contributed by atoms with E-state index in [4.69, 9.17) is 11.0 Å². The molecule has 26 heavy (non-hydrogen) atoms. The first-order valence-electron chi connectivity index (χ1n) is 9.22. The Balaban J connectivity index is 2.27. The van der Waals surface area contributed by atoms with Gasteiger partial charge in [-0.2, -0.15) is 5.26 Å². The van der Waals surface area contributed by atoms with Crippen molar-refractivity contribution in [1.29, 1.82) is 5.26 Å². The summed E-state index contributed by atoms with van der Waals surface area (Å²) in [6.07, 6.45) is 0. The van der Waals surface area contributed by atoms with Crippen LogP contribution in [0.4, 0.5) is 0 Å². The van der Waals surface area contributed by atoms with Crippen LogP contribution < -0.4 is 5.73 Å². The Labute approximate surface area is 158 Å². The van der Waals surface area contributed by atoms with E-state index in [1.54, 1.807) is 0 Å². The lowest BCUT2D eigenvalue weighted by Gasteiger charge is -2.33. The molecule has 2 rings (SSSR count). The van der Waals surface area contributed by atoms with E-state index in [-0.39, 0.29) is 5.41 Å². The van der Waals surface area contributed by atoms with Crippen molar-refractivity contribution in [3.63, 3.8) is 0 Å². The van der Waals surface area contributed by atoms with Crippen LogP contribution in [0.15, 0.2) is 36.4 Å². The summed E-state index contributed by atoms with van der Waals surface area (Å²) >= 11 is 0. The quantitative estimate of drug-likeness (QED) is 0.802. The molecule has 0 saturated carbocycles. The minimum Gasteiger partial charge on any atom is -0.330 e. The molecule has 2 aromatic carbocycles. The van der Waals surface area contributed by atoms with Crippen molar-refractivity contribution >= 4 is 0 Å². The van der Waals surface area contributed by atoms with Crippen LogP contribution in [0.5, 0.6) is 0 Å². The summed E-state index contributed by atoms with van der Waals surface area (Å²) < 4.78 is 0. The Bertz CT molecular complexity index is 759. The second-order valence-corrected chi connectivity index (χ2v) is 8.20. The fourth-order valence-corrected chi connectivity index (χ4v) is 3.46. The average molecular weight is 350 g/mol. The predicted octanol–water partition coefficient (Wildman–Crippen LogP) is 4.47. The lowest BCUT2D eigenvalue weighted by Crippen LogP contribution is -2.38. The molecule has 0 aliphatic rings. The summed E-state index contributed by atoms with van der Waals surface area (Å²) in [6.45, 7) is 14.3. The Kier molecular flexibility index (Phi) is 6.58. The van der Waals surface area contributed by atoms with E-state index in [1.165, 1.54) is 27.8 Å². The normalized spacial score (nSPS) is 11.6. The van der Waals surface area contributed by atoms with Crippen LogP contribution in [0.25, 0.3) is 0 Å². The van der Waals surface area contributed by atoms with E-state index >= 15 is 0 Å². The maximum Gasteiger partial charge on any atom is 0.0991 e. The molecule has 0 heterocycles. The molecule has 3 nitrogen and oxygen atoms in total. The smallest absolute Gasteiger partial charge is 0.0991 e. The van der Waals surface area contributed by atoms with Crippen LogP contribution in [-0.2, 0) is 13.1 Å². The van der Waals surface area contributed by atoms with Gasteiger partial charge in [0.15, 0.2) is 0 Å². The van der Waals surface area contributed by atoms with E-state index in [2.05, 4.69) is 69.9 Å². The van der Waals surface area contributed by atoms with Gasteiger partial charge in [0.1, 0.15) is 0 Å². The first-order chi connectivity index (χ1) is 12.2. The standard InChI is InChI=1S/C23H31N3/c1-17-10-18(2)22(19(3)11-17)14-26(16-23(4,5)15-25)13-21-8-6-20(12-24)7-9-21/h6-11H,13-16,25H2,1-5H3. The first-order valence-corrected chi connectivity index (χ1v) is 9.22. The molecule has 0 amide bonds. The van der Waals surface area contributed by atoms with Gasteiger partial charge in [0.25, 0.3) is 0 Å². The van der Waals surface area contributed by atoms with Gasteiger partial charge in [-0.3, -0.25) is 4.90 Å². The maximum atomic E-state index is 9.00. The second kappa shape index (κ2) is 8.49. The Hall–Kier alpha value is -2.15. The Morgan fingerprint density at radius 2 is 1.58 bits per heavy atom. The van der Waals surface area contributed by atoms with Crippen molar-refractivity contribution < 1.29 is 0 Å². The SMILES string of the molecule is Cc1cc(C)c(CN(Cc2ccc(C#N)cc2)CC(C)(C)CN)c(C)c1. The number of hydrogen-bond donors (Lipinski definition) is 1. The van der Waals surface area contributed by atoms with Crippen LogP contribution in [0.2, 0.25) is 0 Å². The average Bonchev–Trinajstić information content (AvgIpc) is 2.58. The molecule has 0 saturated heterocycles.